The van der Waals surface area contributed by atoms with Gasteiger partial charge in [0.2, 0.25) is 0 Å². The molecule has 1 aliphatic carbocycles. The molecular formula is C26H27FN2O. The number of fused-ring (bicyclic) bond motifs is 3. The number of hydrogen-bond acceptors (Lipinski definition) is 2. The number of rotatable bonds is 2. The van der Waals surface area contributed by atoms with Gasteiger partial charge in [0.25, 0.3) is 5.91 Å². The SMILES string of the molecule is CC1(C)CC2CC(C)(CN2C(=O)c2cc(-c3ccccc3)nc3ccc(F)cc23)C1. The molecule has 2 aliphatic rings. The van der Waals surface area contributed by atoms with Crippen molar-refractivity contribution >= 4 is 16.8 Å². The highest BCUT2D eigenvalue weighted by molar-refractivity contribution is 6.07. The normalized spacial score (nSPS) is 24.9. The molecule has 0 spiro atoms. The molecule has 5 rings (SSSR count). The van der Waals surface area contributed by atoms with Gasteiger partial charge in [-0.15, -0.1) is 0 Å². The zero-order chi connectivity index (χ0) is 21.1. The van der Waals surface area contributed by atoms with Gasteiger partial charge in [0.05, 0.1) is 16.8 Å². The Morgan fingerprint density at radius 2 is 1.83 bits per heavy atom. The number of halogens is 1. The maximum atomic E-state index is 14.1. The Bertz CT molecular complexity index is 1140. The third kappa shape index (κ3) is 3.28. The molecule has 30 heavy (non-hydrogen) atoms. The summed E-state index contributed by atoms with van der Waals surface area (Å²) >= 11 is 0. The van der Waals surface area contributed by atoms with Crippen LogP contribution >= 0.6 is 0 Å². The van der Waals surface area contributed by atoms with Gasteiger partial charge < -0.3 is 4.90 Å². The lowest BCUT2D eigenvalue weighted by molar-refractivity contribution is 0.0710. The third-order valence-corrected chi connectivity index (χ3v) is 6.75. The Hall–Kier alpha value is -2.75. The maximum absolute atomic E-state index is 14.1. The number of carbonyl (C=O) groups excluding carboxylic acids is 1. The van der Waals surface area contributed by atoms with Crippen LogP contribution in [-0.4, -0.2) is 28.4 Å². The molecule has 2 heterocycles. The Balaban J connectivity index is 1.63. The molecule has 2 atom stereocenters. The molecule has 3 aromatic rings. The zero-order valence-corrected chi connectivity index (χ0v) is 17.8. The summed E-state index contributed by atoms with van der Waals surface area (Å²) in [5.74, 6) is -0.351. The first-order chi connectivity index (χ1) is 14.2. The van der Waals surface area contributed by atoms with Gasteiger partial charge in [-0.1, -0.05) is 51.1 Å². The molecule has 3 nitrogen and oxygen atoms in total. The molecule has 2 aromatic carbocycles. The summed E-state index contributed by atoms with van der Waals surface area (Å²) in [6, 6.07) is 16.4. The van der Waals surface area contributed by atoms with Crippen molar-refractivity contribution in [1.29, 1.82) is 0 Å². The quantitative estimate of drug-likeness (QED) is 0.520. The van der Waals surface area contributed by atoms with Crippen molar-refractivity contribution < 1.29 is 9.18 Å². The van der Waals surface area contributed by atoms with Crippen molar-refractivity contribution in [2.45, 2.75) is 46.1 Å². The molecule has 2 fully saturated rings. The van der Waals surface area contributed by atoms with Gasteiger partial charge in [-0.05, 0) is 54.4 Å². The van der Waals surface area contributed by atoms with Gasteiger partial charge in [0.1, 0.15) is 5.82 Å². The predicted molar refractivity (Wildman–Crippen MR) is 118 cm³/mol. The third-order valence-electron chi connectivity index (χ3n) is 6.75. The summed E-state index contributed by atoms with van der Waals surface area (Å²) in [6.45, 7) is 7.67. The molecule has 4 heteroatoms. The molecule has 154 valence electrons. The topological polar surface area (TPSA) is 33.2 Å². The van der Waals surface area contributed by atoms with E-state index in [2.05, 4.69) is 20.8 Å². The minimum atomic E-state index is -0.348. The first-order valence-corrected chi connectivity index (χ1v) is 10.7. The summed E-state index contributed by atoms with van der Waals surface area (Å²) in [5, 5.41) is 0.588. The Morgan fingerprint density at radius 1 is 1.07 bits per heavy atom. The van der Waals surface area contributed by atoms with Crippen molar-refractivity contribution in [1.82, 2.24) is 9.88 Å². The summed E-state index contributed by atoms with van der Waals surface area (Å²) in [6.07, 6.45) is 3.18. The molecular weight excluding hydrogens is 375 g/mol. The lowest BCUT2D eigenvalue weighted by Crippen LogP contribution is -2.37. The number of likely N-dealkylation sites (tertiary alicyclic amines) is 1. The van der Waals surface area contributed by atoms with E-state index < -0.39 is 0 Å². The monoisotopic (exact) mass is 402 g/mol. The minimum Gasteiger partial charge on any atom is -0.335 e. The number of benzene rings is 2. The Morgan fingerprint density at radius 3 is 2.60 bits per heavy atom. The summed E-state index contributed by atoms with van der Waals surface area (Å²) in [5.41, 5.74) is 3.27. The number of carbonyl (C=O) groups is 1. The number of aromatic nitrogens is 1. The van der Waals surface area contributed by atoms with Crippen molar-refractivity contribution in [3.63, 3.8) is 0 Å². The largest absolute Gasteiger partial charge is 0.335 e. The van der Waals surface area contributed by atoms with Crippen molar-refractivity contribution in [3.05, 3.63) is 66.0 Å². The van der Waals surface area contributed by atoms with Crippen molar-refractivity contribution in [2.24, 2.45) is 10.8 Å². The van der Waals surface area contributed by atoms with E-state index in [-0.39, 0.29) is 28.6 Å². The molecule has 1 aromatic heterocycles. The average molecular weight is 403 g/mol. The smallest absolute Gasteiger partial charge is 0.254 e. The van der Waals surface area contributed by atoms with E-state index in [0.29, 0.717) is 16.5 Å². The lowest BCUT2D eigenvalue weighted by Gasteiger charge is -2.39. The van der Waals surface area contributed by atoms with Crippen LogP contribution in [0.2, 0.25) is 0 Å². The highest BCUT2D eigenvalue weighted by Gasteiger charge is 2.51. The number of nitrogens with zero attached hydrogens (tertiary/aromatic N) is 2. The van der Waals surface area contributed by atoms with Crippen LogP contribution in [0.1, 0.15) is 50.4 Å². The first-order valence-electron chi connectivity index (χ1n) is 10.7. The highest BCUT2D eigenvalue weighted by atomic mass is 19.1. The van der Waals surface area contributed by atoms with Crippen LogP contribution in [0.3, 0.4) is 0 Å². The van der Waals surface area contributed by atoms with Gasteiger partial charge in [-0.3, -0.25) is 4.79 Å². The molecule has 2 bridgehead atoms. The van der Waals surface area contributed by atoms with Crippen LogP contribution < -0.4 is 0 Å². The second-order valence-corrected chi connectivity index (χ2v) is 10.2. The zero-order valence-electron chi connectivity index (χ0n) is 17.8. The van der Waals surface area contributed by atoms with Gasteiger partial charge in [0, 0.05) is 23.5 Å². The van der Waals surface area contributed by atoms with E-state index in [0.717, 1.165) is 37.1 Å². The average Bonchev–Trinajstić information content (AvgIpc) is 2.96. The van der Waals surface area contributed by atoms with Gasteiger partial charge in [0.15, 0.2) is 0 Å². The molecule has 2 unspecified atom stereocenters. The molecule has 1 aliphatic heterocycles. The van der Waals surface area contributed by atoms with Crippen LogP contribution in [0.25, 0.3) is 22.2 Å². The van der Waals surface area contributed by atoms with Crippen LogP contribution in [0.15, 0.2) is 54.6 Å². The fourth-order valence-corrected chi connectivity index (χ4v) is 5.98. The minimum absolute atomic E-state index is 0.00314. The molecule has 1 amide bonds. The number of hydrogen-bond donors (Lipinski definition) is 0. The maximum Gasteiger partial charge on any atom is 0.254 e. The molecule has 1 saturated heterocycles. The number of amides is 1. The van der Waals surface area contributed by atoms with E-state index >= 15 is 0 Å². The molecule has 0 radical (unpaired) electrons. The lowest BCUT2D eigenvalue weighted by atomic mass is 9.65. The molecule has 0 N–H and O–H groups in total. The predicted octanol–water partition coefficient (Wildman–Crippen LogP) is 6.08. The van der Waals surface area contributed by atoms with E-state index in [9.17, 15) is 9.18 Å². The highest BCUT2D eigenvalue weighted by Crippen LogP contribution is 2.52. The van der Waals surface area contributed by atoms with Crippen LogP contribution in [0.4, 0.5) is 4.39 Å². The van der Waals surface area contributed by atoms with E-state index in [1.165, 1.54) is 12.1 Å². The van der Waals surface area contributed by atoms with Gasteiger partial charge in [-0.2, -0.15) is 0 Å². The summed E-state index contributed by atoms with van der Waals surface area (Å²) in [4.78, 5) is 20.6. The van der Waals surface area contributed by atoms with Gasteiger partial charge in [-0.25, -0.2) is 9.37 Å². The van der Waals surface area contributed by atoms with Gasteiger partial charge >= 0.3 is 0 Å². The second kappa shape index (κ2) is 6.63. The van der Waals surface area contributed by atoms with Crippen LogP contribution in [0.5, 0.6) is 0 Å². The van der Waals surface area contributed by atoms with E-state index in [1.54, 1.807) is 6.07 Å². The fraction of sp³-hybridized carbons (Fsp3) is 0.385. The van der Waals surface area contributed by atoms with E-state index in [4.69, 9.17) is 4.98 Å². The summed E-state index contributed by atoms with van der Waals surface area (Å²) in [7, 11) is 0. The summed E-state index contributed by atoms with van der Waals surface area (Å²) < 4.78 is 14.1. The van der Waals surface area contributed by atoms with Crippen LogP contribution in [0, 0.1) is 16.6 Å². The van der Waals surface area contributed by atoms with Crippen LogP contribution in [-0.2, 0) is 0 Å². The Labute approximate surface area is 176 Å². The van der Waals surface area contributed by atoms with E-state index in [1.807, 2.05) is 41.3 Å². The van der Waals surface area contributed by atoms with Crippen molar-refractivity contribution in [3.8, 4) is 11.3 Å². The fourth-order valence-electron chi connectivity index (χ4n) is 5.98. The second-order valence-electron chi connectivity index (χ2n) is 10.2. The number of pyridine rings is 1. The Kier molecular flexibility index (Phi) is 4.25. The molecule has 1 saturated carbocycles. The first kappa shape index (κ1) is 19.2. The standard InChI is InChI=1S/C26H27FN2O/c1-25(2)13-19-14-26(3,15-25)16-29(19)24(30)21-12-23(17-7-5-4-6-8-17)28-22-10-9-18(27)11-20(21)22/h4-12,19H,13-16H2,1-3H3. The van der Waals surface area contributed by atoms with Crippen molar-refractivity contribution in [2.75, 3.05) is 6.54 Å².